The lowest BCUT2D eigenvalue weighted by Crippen LogP contribution is -2.52. The molecule has 2 amide bonds. The molecule has 0 spiro atoms. The van der Waals surface area contributed by atoms with Crippen LogP contribution in [0.4, 0.5) is 4.79 Å². The maximum atomic E-state index is 12.2. The van der Waals surface area contributed by atoms with Crippen molar-refractivity contribution in [1.82, 2.24) is 20.1 Å². The molecule has 22 heavy (non-hydrogen) atoms. The van der Waals surface area contributed by atoms with Crippen LogP contribution in [0.15, 0.2) is 24.5 Å². The first kappa shape index (κ1) is 15.2. The number of ether oxygens (including phenoxy) is 1. The molecule has 6 nitrogen and oxygen atoms in total. The molecule has 1 N–H and O–H groups in total. The van der Waals surface area contributed by atoms with E-state index >= 15 is 0 Å². The number of urea groups is 1. The maximum absolute atomic E-state index is 12.2. The molecule has 0 radical (unpaired) electrons. The average molecular weight is 304 g/mol. The highest BCUT2D eigenvalue weighted by Gasteiger charge is 2.24. The summed E-state index contributed by atoms with van der Waals surface area (Å²) in [5.41, 5.74) is 1.07. The second kappa shape index (κ2) is 7.56. The fourth-order valence-corrected chi connectivity index (χ4v) is 3.00. The van der Waals surface area contributed by atoms with Crippen molar-refractivity contribution < 1.29 is 9.53 Å². The molecule has 2 aliphatic rings. The van der Waals surface area contributed by atoms with Crippen molar-refractivity contribution in [2.45, 2.75) is 25.5 Å². The topological polar surface area (TPSA) is 57.7 Å². The van der Waals surface area contributed by atoms with Gasteiger partial charge in [0.2, 0.25) is 0 Å². The molecule has 0 aromatic carbocycles. The van der Waals surface area contributed by atoms with E-state index in [0.717, 1.165) is 44.9 Å². The number of carbonyl (C=O) groups excluding carboxylic acids is 1. The summed E-state index contributed by atoms with van der Waals surface area (Å²) >= 11 is 0. The molecule has 0 bridgehead atoms. The van der Waals surface area contributed by atoms with Crippen LogP contribution in [-0.2, 0) is 11.3 Å². The number of nitrogens with one attached hydrogen (secondary N) is 1. The van der Waals surface area contributed by atoms with Crippen LogP contribution in [0.3, 0.4) is 0 Å². The van der Waals surface area contributed by atoms with E-state index in [1.165, 1.54) is 12.8 Å². The van der Waals surface area contributed by atoms with Gasteiger partial charge in [0.15, 0.2) is 0 Å². The quantitative estimate of drug-likeness (QED) is 0.904. The van der Waals surface area contributed by atoms with Crippen molar-refractivity contribution in [3.63, 3.8) is 0 Å². The minimum Gasteiger partial charge on any atom is -0.377 e. The minimum atomic E-state index is 0.0218. The Bertz CT molecular complexity index is 468. The molecule has 120 valence electrons. The fraction of sp³-hybridized carbons (Fsp3) is 0.625. The smallest absolute Gasteiger partial charge is 0.317 e. The van der Waals surface area contributed by atoms with Crippen LogP contribution in [0, 0.1) is 0 Å². The molecule has 1 atom stereocenters. The molecule has 1 aromatic heterocycles. The number of aromatic nitrogens is 1. The van der Waals surface area contributed by atoms with Crippen molar-refractivity contribution in [3.05, 3.63) is 30.1 Å². The molecule has 0 saturated carbocycles. The first-order valence-corrected chi connectivity index (χ1v) is 8.07. The van der Waals surface area contributed by atoms with Gasteiger partial charge in [-0.1, -0.05) is 0 Å². The molecule has 6 heteroatoms. The van der Waals surface area contributed by atoms with Crippen LogP contribution in [0.1, 0.15) is 18.4 Å². The zero-order valence-corrected chi connectivity index (χ0v) is 12.9. The van der Waals surface area contributed by atoms with Crippen LogP contribution in [0.5, 0.6) is 0 Å². The van der Waals surface area contributed by atoms with Gasteiger partial charge in [-0.3, -0.25) is 9.88 Å². The van der Waals surface area contributed by atoms with E-state index in [1.54, 1.807) is 12.4 Å². The van der Waals surface area contributed by atoms with Crippen molar-refractivity contribution >= 4 is 6.03 Å². The first-order chi connectivity index (χ1) is 10.8. The number of rotatable bonds is 4. The highest BCUT2D eigenvalue weighted by molar-refractivity contribution is 5.74. The van der Waals surface area contributed by atoms with Gasteiger partial charge in [0.25, 0.3) is 0 Å². The number of nitrogens with zero attached hydrogens (tertiary/aromatic N) is 3. The standard InChI is InChI=1S/C16H24N4O2/c21-16(18-12-14-3-5-17-6-4-14)20-9-7-19(8-10-20)13-15-2-1-11-22-15/h3-6,15H,1-2,7-13H2,(H,18,21). The predicted octanol–water partition coefficient (Wildman–Crippen LogP) is 1.09. The Morgan fingerprint density at radius 2 is 2.05 bits per heavy atom. The third-order valence-corrected chi connectivity index (χ3v) is 4.34. The van der Waals surface area contributed by atoms with Gasteiger partial charge in [0, 0.05) is 58.3 Å². The van der Waals surface area contributed by atoms with Gasteiger partial charge >= 0.3 is 6.03 Å². The van der Waals surface area contributed by atoms with Crippen molar-refractivity contribution in [2.75, 3.05) is 39.3 Å². The Labute approximate surface area is 131 Å². The third kappa shape index (κ3) is 4.18. The molecule has 3 rings (SSSR count). The van der Waals surface area contributed by atoms with Gasteiger partial charge in [0.1, 0.15) is 0 Å². The summed E-state index contributed by atoms with van der Waals surface area (Å²) in [6.07, 6.45) is 6.23. The zero-order valence-electron chi connectivity index (χ0n) is 12.9. The summed E-state index contributed by atoms with van der Waals surface area (Å²) in [5, 5.41) is 2.97. The molecule has 0 aliphatic carbocycles. The SMILES string of the molecule is O=C(NCc1ccncc1)N1CCN(CC2CCCO2)CC1. The molecule has 2 fully saturated rings. The molecule has 1 aromatic rings. The molecule has 1 unspecified atom stereocenters. The molecular weight excluding hydrogens is 280 g/mol. The van der Waals surface area contributed by atoms with E-state index in [9.17, 15) is 4.79 Å². The summed E-state index contributed by atoms with van der Waals surface area (Å²) in [7, 11) is 0. The van der Waals surface area contributed by atoms with E-state index in [0.29, 0.717) is 12.6 Å². The number of pyridine rings is 1. The van der Waals surface area contributed by atoms with Crippen molar-refractivity contribution in [3.8, 4) is 0 Å². The zero-order chi connectivity index (χ0) is 15.2. The summed E-state index contributed by atoms with van der Waals surface area (Å²) in [6.45, 7) is 5.90. The van der Waals surface area contributed by atoms with E-state index in [-0.39, 0.29) is 6.03 Å². The van der Waals surface area contributed by atoms with Crippen LogP contribution >= 0.6 is 0 Å². The van der Waals surface area contributed by atoms with Gasteiger partial charge in [-0.2, -0.15) is 0 Å². The largest absolute Gasteiger partial charge is 0.377 e. The van der Waals surface area contributed by atoms with Gasteiger partial charge < -0.3 is 15.0 Å². The van der Waals surface area contributed by atoms with Gasteiger partial charge in [-0.15, -0.1) is 0 Å². The lowest BCUT2D eigenvalue weighted by atomic mass is 10.2. The van der Waals surface area contributed by atoms with Crippen LogP contribution in [0.25, 0.3) is 0 Å². The second-order valence-electron chi connectivity index (χ2n) is 5.94. The Kier molecular flexibility index (Phi) is 5.24. The Balaban J connectivity index is 1.38. The lowest BCUT2D eigenvalue weighted by molar-refractivity contribution is 0.0561. The Morgan fingerprint density at radius 3 is 2.73 bits per heavy atom. The van der Waals surface area contributed by atoms with Crippen LogP contribution in [0.2, 0.25) is 0 Å². The molecule has 3 heterocycles. The number of carbonyl (C=O) groups is 1. The summed E-state index contributed by atoms with van der Waals surface area (Å²) < 4.78 is 5.68. The Morgan fingerprint density at radius 1 is 1.27 bits per heavy atom. The minimum absolute atomic E-state index is 0.0218. The van der Waals surface area contributed by atoms with Gasteiger partial charge in [0.05, 0.1) is 6.10 Å². The highest BCUT2D eigenvalue weighted by atomic mass is 16.5. The highest BCUT2D eigenvalue weighted by Crippen LogP contribution is 2.14. The summed E-state index contributed by atoms with van der Waals surface area (Å²) in [6, 6.07) is 3.85. The first-order valence-electron chi connectivity index (χ1n) is 8.07. The van der Waals surface area contributed by atoms with Gasteiger partial charge in [-0.25, -0.2) is 4.79 Å². The molecular formula is C16H24N4O2. The van der Waals surface area contributed by atoms with E-state index in [2.05, 4.69) is 15.2 Å². The maximum Gasteiger partial charge on any atom is 0.317 e. The monoisotopic (exact) mass is 304 g/mol. The van der Waals surface area contributed by atoms with Gasteiger partial charge in [-0.05, 0) is 30.5 Å². The van der Waals surface area contributed by atoms with Crippen LogP contribution < -0.4 is 5.32 Å². The third-order valence-electron chi connectivity index (χ3n) is 4.34. The van der Waals surface area contributed by atoms with Crippen molar-refractivity contribution in [1.29, 1.82) is 0 Å². The number of hydrogen-bond donors (Lipinski definition) is 1. The number of hydrogen-bond acceptors (Lipinski definition) is 4. The fourth-order valence-electron chi connectivity index (χ4n) is 3.00. The predicted molar refractivity (Wildman–Crippen MR) is 83.5 cm³/mol. The molecule has 2 aliphatic heterocycles. The second-order valence-corrected chi connectivity index (χ2v) is 5.94. The number of amides is 2. The van der Waals surface area contributed by atoms with E-state index < -0.39 is 0 Å². The number of piperazine rings is 1. The Hall–Kier alpha value is -1.66. The van der Waals surface area contributed by atoms with E-state index in [4.69, 9.17) is 4.74 Å². The summed E-state index contributed by atoms with van der Waals surface area (Å²) in [5.74, 6) is 0. The summed E-state index contributed by atoms with van der Waals surface area (Å²) in [4.78, 5) is 20.5. The average Bonchev–Trinajstić information content (AvgIpc) is 3.07. The normalized spacial score (nSPS) is 22.7. The van der Waals surface area contributed by atoms with Crippen LogP contribution in [-0.4, -0.2) is 66.2 Å². The van der Waals surface area contributed by atoms with E-state index in [1.807, 2.05) is 17.0 Å². The molecule has 2 saturated heterocycles. The van der Waals surface area contributed by atoms with Crippen molar-refractivity contribution in [2.24, 2.45) is 0 Å². The lowest BCUT2D eigenvalue weighted by Gasteiger charge is -2.35.